The van der Waals surface area contributed by atoms with E-state index in [-0.39, 0.29) is 28.7 Å². The van der Waals surface area contributed by atoms with Crippen LogP contribution in [0.25, 0.3) is 6.08 Å². The smallest absolute Gasteiger partial charge is 0.415 e. The lowest BCUT2D eigenvalue weighted by Gasteiger charge is -2.25. The minimum absolute atomic E-state index is 0.0390. The van der Waals surface area contributed by atoms with Crippen LogP contribution in [0.15, 0.2) is 48.2 Å². The number of ketones is 1. The number of hydrogen-bond acceptors (Lipinski definition) is 7. The molecule has 0 atom stereocenters. The first-order valence-electron chi connectivity index (χ1n) is 8.88. The van der Waals surface area contributed by atoms with Gasteiger partial charge in [0.2, 0.25) is 5.78 Å². The quantitative estimate of drug-likeness (QED) is 0.446. The van der Waals surface area contributed by atoms with Gasteiger partial charge in [-0.05, 0) is 23.8 Å². The molecule has 1 fully saturated rings. The summed E-state index contributed by atoms with van der Waals surface area (Å²) in [4.78, 5) is 36.7. The molecule has 9 nitrogen and oxygen atoms in total. The van der Waals surface area contributed by atoms with Crippen LogP contribution < -0.4 is 9.47 Å². The van der Waals surface area contributed by atoms with Crippen LogP contribution in [0.2, 0.25) is 0 Å². The molecule has 0 aliphatic carbocycles. The summed E-state index contributed by atoms with van der Waals surface area (Å²) in [6, 6.07) is 10.4. The number of hydrogen-bond donors (Lipinski definition) is 0. The highest BCUT2D eigenvalue weighted by molar-refractivity contribution is 6.14. The molecule has 148 valence electrons. The van der Waals surface area contributed by atoms with E-state index in [0.29, 0.717) is 37.4 Å². The van der Waals surface area contributed by atoms with Crippen LogP contribution in [0.5, 0.6) is 11.5 Å². The zero-order valence-electron chi connectivity index (χ0n) is 15.2. The molecule has 2 aliphatic rings. The molecule has 1 saturated heterocycles. The SMILES string of the molecule is O=C1C(=Cc2cccc([N+](=O)[O-])c2)Oc2cc(OC(=O)N3CCOCC3)ccc21. The number of carbonyl (C=O) groups excluding carboxylic acids is 2. The molecule has 0 radical (unpaired) electrons. The van der Waals surface area contributed by atoms with Gasteiger partial charge < -0.3 is 19.1 Å². The number of ether oxygens (including phenoxy) is 3. The van der Waals surface area contributed by atoms with E-state index >= 15 is 0 Å². The molecule has 2 aromatic rings. The predicted molar refractivity (Wildman–Crippen MR) is 101 cm³/mol. The van der Waals surface area contributed by atoms with Gasteiger partial charge >= 0.3 is 6.09 Å². The first-order chi connectivity index (χ1) is 14.0. The highest BCUT2D eigenvalue weighted by Gasteiger charge is 2.28. The lowest BCUT2D eigenvalue weighted by molar-refractivity contribution is -0.384. The van der Waals surface area contributed by atoms with Crippen molar-refractivity contribution < 1.29 is 28.7 Å². The predicted octanol–water partition coefficient (Wildman–Crippen LogP) is 3.04. The van der Waals surface area contributed by atoms with Crippen LogP contribution >= 0.6 is 0 Å². The molecule has 2 aliphatic heterocycles. The Labute approximate surface area is 165 Å². The first-order valence-corrected chi connectivity index (χ1v) is 8.88. The van der Waals surface area contributed by atoms with Gasteiger partial charge in [-0.15, -0.1) is 0 Å². The summed E-state index contributed by atoms with van der Waals surface area (Å²) in [5.41, 5.74) is 0.710. The van der Waals surface area contributed by atoms with Gasteiger partial charge in [-0.1, -0.05) is 12.1 Å². The third-order valence-electron chi connectivity index (χ3n) is 4.49. The van der Waals surface area contributed by atoms with Crippen LogP contribution in [0.1, 0.15) is 15.9 Å². The molecule has 2 heterocycles. The summed E-state index contributed by atoms with van der Waals surface area (Å²) in [5, 5.41) is 10.9. The second-order valence-electron chi connectivity index (χ2n) is 6.42. The van der Waals surface area contributed by atoms with Gasteiger partial charge in [0.1, 0.15) is 11.5 Å². The Morgan fingerprint density at radius 2 is 1.97 bits per heavy atom. The van der Waals surface area contributed by atoms with Crippen molar-refractivity contribution in [2.45, 2.75) is 0 Å². The minimum atomic E-state index is -0.511. The Kier molecular flexibility index (Phi) is 4.96. The number of allylic oxidation sites excluding steroid dienone is 1. The van der Waals surface area contributed by atoms with Crippen molar-refractivity contribution in [3.05, 3.63) is 69.5 Å². The molecule has 1 amide bonds. The van der Waals surface area contributed by atoms with Crippen LogP contribution in [0.4, 0.5) is 10.5 Å². The van der Waals surface area contributed by atoms with Gasteiger partial charge in [-0.3, -0.25) is 14.9 Å². The highest BCUT2D eigenvalue weighted by Crippen LogP contribution is 2.35. The normalized spacial score (nSPS) is 17.0. The number of nitro groups is 1. The number of Topliss-reactive ketones (excluding diaryl/α,β-unsaturated/α-hetero) is 1. The van der Waals surface area contributed by atoms with E-state index in [1.807, 2.05) is 0 Å². The molecule has 0 saturated carbocycles. The molecular formula is C20H16N2O7. The van der Waals surface area contributed by atoms with Gasteiger partial charge in [0.15, 0.2) is 5.76 Å². The summed E-state index contributed by atoms with van der Waals surface area (Å²) < 4.78 is 16.2. The van der Waals surface area contributed by atoms with Gasteiger partial charge in [0.25, 0.3) is 5.69 Å². The molecule has 0 unspecified atom stereocenters. The molecule has 0 N–H and O–H groups in total. The maximum absolute atomic E-state index is 12.5. The maximum Gasteiger partial charge on any atom is 0.415 e. The summed E-state index contributed by atoms with van der Waals surface area (Å²) >= 11 is 0. The van der Waals surface area contributed by atoms with Crippen LogP contribution in [0.3, 0.4) is 0 Å². The zero-order valence-corrected chi connectivity index (χ0v) is 15.2. The van der Waals surface area contributed by atoms with E-state index in [4.69, 9.17) is 14.2 Å². The average Bonchev–Trinajstić information content (AvgIpc) is 3.03. The second kappa shape index (κ2) is 7.72. The zero-order chi connectivity index (χ0) is 20.4. The molecule has 0 aromatic heterocycles. The van der Waals surface area contributed by atoms with Crippen molar-refractivity contribution >= 4 is 23.6 Å². The van der Waals surface area contributed by atoms with Crippen LogP contribution in [0, 0.1) is 10.1 Å². The Hall–Kier alpha value is -3.72. The summed E-state index contributed by atoms with van der Waals surface area (Å²) in [6.07, 6.45) is 0.944. The van der Waals surface area contributed by atoms with Gasteiger partial charge in [0, 0.05) is 31.3 Å². The average molecular weight is 396 g/mol. The Morgan fingerprint density at radius 1 is 1.17 bits per heavy atom. The number of nitro benzene ring substituents is 1. The van der Waals surface area contributed by atoms with Crippen LogP contribution in [-0.4, -0.2) is 48.0 Å². The molecule has 9 heteroatoms. The molecule has 29 heavy (non-hydrogen) atoms. The number of non-ortho nitro benzene ring substituents is 1. The molecule has 4 rings (SSSR count). The molecule has 2 aromatic carbocycles. The maximum atomic E-state index is 12.5. The number of amides is 1. The highest BCUT2D eigenvalue weighted by atomic mass is 16.6. The standard InChI is InChI=1S/C20H16N2O7/c23-19-16-5-4-15(28-20(24)21-6-8-27-9-7-21)12-17(16)29-18(19)11-13-2-1-3-14(10-13)22(25)26/h1-5,10-12H,6-9H2. The molecular weight excluding hydrogens is 380 g/mol. The third kappa shape index (κ3) is 3.94. The van der Waals surface area contributed by atoms with E-state index in [0.717, 1.165) is 0 Å². The first kappa shape index (κ1) is 18.6. The van der Waals surface area contributed by atoms with E-state index in [2.05, 4.69) is 0 Å². The molecule has 0 bridgehead atoms. The van der Waals surface area contributed by atoms with Crippen molar-refractivity contribution in [2.75, 3.05) is 26.3 Å². The largest absolute Gasteiger partial charge is 0.452 e. The van der Waals surface area contributed by atoms with Crippen LogP contribution in [-0.2, 0) is 4.74 Å². The topological polar surface area (TPSA) is 108 Å². The summed E-state index contributed by atoms with van der Waals surface area (Å²) in [5.74, 6) is 0.207. The lowest BCUT2D eigenvalue weighted by atomic mass is 10.1. The monoisotopic (exact) mass is 396 g/mol. The minimum Gasteiger partial charge on any atom is -0.452 e. The second-order valence-corrected chi connectivity index (χ2v) is 6.42. The summed E-state index contributed by atoms with van der Waals surface area (Å²) in [7, 11) is 0. The van der Waals surface area contributed by atoms with E-state index in [9.17, 15) is 19.7 Å². The number of rotatable bonds is 3. The number of morpholine rings is 1. The lowest BCUT2D eigenvalue weighted by Crippen LogP contribution is -2.42. The van der Waals surface area contributed by atoms with Gasteiger partial charge in [-0.25, -0.2) is 4.79 Å². The fourth-order valence-corrected chi connectivity index (χ4v) is 3.02. The number of benzene rings is 2. The summed E-state index contributed by atoms with van der Waals surface area (Å²) in [6.45, 7) is 1.83. The number of carbonyl (C=O) groups is 2. The van der Waals surface area contributed by atoms with Crippen molar-refractivity contribution in [3.8, 4) is 11.5 Å². The fourth-order valence-electron chi connectivity index (χ4n) is 3.02. The van der Waals surface area contributed by atoms with Crippen molar-refractivity contribution in [1.29, 1.82) is 0 Å². The Balaban J connectivity index is 1.51. The fraction of sp³-hybridized carbons (Fsp3) is 0.200. The van der Waals surface area contributed by atoms with E-state index in [1.165, 1.54) is 47.4 Å². The molecule has 0 spiro atoms. The third-order valence-corrected chi connectivity index (χ3v) is 4.49. The van der Waals surface area contributed by atoms with E-state index in [1.54, 1.807) is 6.07 Å². The number of nitrogens with zero attached hydrogens (tertiary/aromatic N) is 2. The van der Waals surface area contributed by atoms with Crippen molar-refractivity contribution in [1.82, 2.24) is 4.90 Å². The Bertz CT molecular complexity index is 1030. The van der Waals surface area contributed by atoms with Gasteiger partial charge in [-0.2, -0.15) is 0 Å². The number of fused-ring (bicyclic) bond motifs is 1. The van der Waals surface area contributed by atoms with Crippen molar-refractivity contribution in [2.24, 2.45) is 0 Å². The van der Waals surface area contributed by atoms with E-state index < -0.39 is 11.0 Å². The van der Waals surface area contributed by atoms with Crippen molar-refractivity contribution in [3.63, 3.8) is 0 Å². The Morgan fingerprint density at radius 3 is 2.72 bits per heavy atom. The van der Waals surface area contributed by atoms with Gasteiger partial charge in [0.05, 0.1) is 23.7 Å².